The molecule has 130 valence electrons. The fourth-order valence-electron chi connectivity index (χ4n) is 3.32. The van der Waals surface area contributed by atoms with E-state index >= 15 is 0 Å². The van der Waals surface area contributed by atoms with Crippen LogP contribution in [0.2, 0.25) is 0 Å². The second-order valence-corrected chi connectivity index (χ2v) is 6.39. The smallest absolute Gasteiger partial charge is 0.0717 e. The van der Waals surface area contributed by atoms with Gasteiger partial charge in [0.1, 0.15) is 0 Å². The summed E-state index contributed by atoms with van der Waals surface area (Å²) in [5.74, 6) is 0. The molecule has 1 aliphatic rings. The van der Waals surface area contributed by atoms with Crippen LogP contribution >= 0.6 is 0 Å². The van der Waals surface area contributed by atoms with Crippen molar-refractivity contribution in [2.24, 2.45) is 0 Å². The molecule has 3 rings (SSSR count). The highest BCUT2D eigenvalue weighted by Gasteiger charge is 2.17. The zero-order chi connectivity index (χ0) is 16.8. The molecule has 0 unspecified atom stereocenters. The first-order chi connectivity index (χ1) is 11.8. The molecular weight excluding hydrogens is 302 g/mol. The molecular formula is C18H27N5O. The Hall–Kier alpha value is -1.92. The van der Waals surface area contributed by atoms with Crippen LogP contribution in [-0.4, -0.2) is 50.9 Å². The molecule has 2 aromatic heterocycles. The number of aryl methyl sites for hydroxylation is 1. The van der Waals surface area contributed by atoms with Crippen molar-refractivity contribution in [1.29, 1.82) is 0 Å². The lowest BCUT2D eigenvalue weighted by atomic mass is 10.2. The largest absolute Gasteiger partial charge is 0.392 e. The molecule has 2 aromatic rings. The lowest BCUT2D eigenvalue weighted by Gasteiger charge is -2.25. The Morgan fingerprint density at radius 3 is 2.92 bits per heavy atom. The van der Waals surface area contributed by atoms with Gasteiger partial charge in [-0.15, -0.1) is 0 Å². The Bertz CT molecular complexity index is 642. The van der Waals surface area contributed by atoms with Gasteiger partial charge in [0.25, 0.3) is 0 Å². The predicted molar refractivity (Wildman–Crippen MR) is 94.8 cm³/mol. The number of aliphatic hydroxyl groups is 1. The molecule has 1 aliphatic heterocycles. The molecule has 0 amide bonds. The van der Waals surface area contributed by atoms with Crippen molar-refractivity contribution in [3.63, 3.8) is 0 Å². The zero-order valence-corrected chi connectivity index (χ0v) is 14.4. The van der Waals surface area contributed by atoms with Gasteiger partial charge in [-0.2, -0.15) is 5.10 Å². The Balaban J connectivity index is 1.60. The first kappa shape index (κ1) is 16.9. The van der Waals surface area contributed by atoms with Gasteiger partial charge in [0.05, 0.1) is 12.8 Å². The van der Waals surface area contributed by atoms with Crippen molar-refractivity contribution in [2.45, 2.75) is 39.5 Å². The van der Waals surface area contributed by atoms with E-state index in [1.807, 2.05) is 16.9 Å². The number of rotatable bonds is 6. The molecule has 1 saturated heterocycles. The van der Waals surface area contributed by atoms with Crippen LogP contribution in [-0.2, 0) is 19.7 Å². The number of anilines is 1. The van der Waals surface area contributed by atoms with Crippen molar-refractivity contribution < 1.29 is 5.11 Å². The second kappa shape index (κ2) is 8.26. The summed E-state index contributed by atoms with van der Waals surface area (Å²) in [6.07, 6.45) is 9.96. The van der Waals surface area contributed by atoms with E-state index in [9.17, 15) is 5.11 Å². The molecule has 0 bridgehead atoms. The van der Waals surface area contributed by atoms with Crippen molar-refractivity contribution in [3.05, 3.63) is 42.0 Å². The maximum Gasteiger partial charge on any atom is 0.0717 e. The quantitative estimate of drug-likeness (QED) is 0.877. The van der Waals surface area contributed by atoms with Gasteiger partial charge >= 0.3 is 0 Å². The molecule has 0 atom stereocenters. The third-order valence-electron chi connectivity index (χ3n) is 4.52. The number of nitrogens with zero attached hydrogens (tertiary/aromatic N) is 5. The van der Waals surface area contributed by atoms with E-state index in [2.05, 4.69) is 33.0 Å². The fraction of sp³-hybridized carbons (Fsp3) is 0.556. The number of hydrogen-bond acceptors (Lipinski definition) is 5. The lowest BCUT2D eigenvalue weighted by Crippen LogP contribution is -2.31. The molecule has 1 N–H and O–H groups in total. The highest BCUT2D eigenvalue weighted by molar-refractivity contribution is 5.52. The lowest BCUT2D eigenvalue weighted by molar-refractivity contribution is 0.281. The van der Waals surface area contributed by atoms with Crippen LogP contribution in [0.15, 0.2) is 30.9 Å². The third-order valence-corrected chi connectivity index (χ3v) is 4.52. The average Bonchev–Trinajstić information content (AvgIpc) is 2.91. The summed E-state index contributed by atoms with van der Waals surface area (Å²) in [6, 6.07) is 2.01. The Labute approximate surface area is 143 Å². The number of hydrogen-bond donors (Lipinski definition) is 1. The summed E-state index contributed by atoms with van der Waals surface area (Å²) < 4.78 is 2.03. The topological polar surface area (TPSA) is 57.4 Å². The Morgan fingerprint density at radius 2 is 2.08 bits per heavy atom. The number of aromatic nitrogens is 3. The van der Waals surface area contributed by atoms with Gasteiger partial charge < -0.3 is 10.0 Å². The van der Waals surface area contributed by atoms with Crippen LogP contribution in [0.3, 0.4) is 0 Å². The summed E-state index contributed by atoms with van der Waals surface area (Å²) in [5.41, 5.74) is 3.31. The van der Waals surface area contributed by atoms with E-state index in [0.29, 0.717) is 0 Å². The molecule has 3 heterocycles. The van der Waals surface area contributed by atoms with Gasteiger partial charge in [-0.05, 0) is 18.9 Å². The van der Waals surface area contributed by atoms with Crippen LogP contribution in [0.5, 0.6) is 0 Å². The first-order valence-corrected chi connectivity index (χ1v) is 8.82. The average molecular weight is 329 g/mol. The first-order valence-electron chi connectivity index (χ1n) is 8.82. The number of aliphatic hydroxyl groups excluding tert-OH is 1. The number of pyridine rings is 1. The van der Waals surface area contributed by atoms with Gasteiger partial charge in [0, 0.05) is 74.7 Å². The van der Waals surface area contributed by atoms with Crippen LogP contribution in [0.25, 0.3) is 0 Å². The highest BCUT2D eigenvalue weighted by Crippen LogP contribution is 2.21. The Kier molecular flexibility index (Phi) is 5.82. The SMILES string of the molecule is CCCn1cc(CN2CCCN(c3ccncc3CO)CC2)cn1. The van der Waals surface area contributed by atoms with E-state index in [1.54, 1.807) is 12.4 Å². The summed E-state index contributed by atoms with van der Waals surface area (Å²) in [6.45, 7) is 8.26. The maximum absolute atomic E-state index is 9.53. The van der Waals surface area contributed by atoms with E-state index in [-0.39, 0.29) is 6.61 Å². The van der Waals surface area contributed by atoms with Crippen LogP contribution in [0.4, 0.5) is 5.69 Å². The Morgan fingerprint density at radius 1 is 1.17 bits per heavy atom. The monoisotopic (exact) mass is 329 g/mol. The van der Waals surface area contributed by atoms with Gasteiger partial charge in [-0.1, -0.05) is 6.92 Å². The maximum atomic E-state index is 9.53. The molecule has 0 radical (unpaired) electrons. The van der Waals surface area contributed by atoms with E-state index in [1.165, 1.54) is 5.56 Å². The molecule has 24 heavy (non-hydrogen) atoms. The van der Waals surface area contributed by atoms with Gasteiger partial charge in [-0.25, -0.2) is 0 Å². The summed E-state index contributed by atoms with van der Waals surface area (Å²) in [4.78, 5) is 8.98. The van der Waals surface area contributed by atoms with Crippen molar-refractivity contribution in [3.8, 4) is 0 Å². The minimum atomic E-state index is 0.0417. The standard InChI is InChI=1S/C18H27N5O/c1-2-6-23-14-16(11-20-23)13-21-7-3-8-22(10-9-21)18-4-5-19-12-17(18)15-24/h4-5,11-12,14,24H,2-3,6-10,13,15H2,1H3. The van der Waals surface area contributed by atoms with Crippen LogP contribution < -0.4 is 4.90 Å². The summed E-state index contributed by atoms with van der Waals surface area (Å²) >= 11 is 0. The van der Waals surface area contributed by atoms with Gasteiger partial charge in [0.15, 0.2) is 0 Å². The molecule has 0 aliphatic carbocycles. The fourth-order valence-corrected chi connectivity index (χ4v) is 3.32. The molecule has 0 spiro atoms. The van der Waals surface area contributed by atoms with Crippen molar-refractivity contribution >= 4 is 5.69 Å². The minimum Gasteiger partial charge on any atom is -0.392 e. The molecule has 6 heteroatoms. The van der Waals surface area contributed by atoms with E-state index in [0.717, 1.165) is 63.4 Å². The predicted octanol–water partition coefficient (Wildman–Crippen LogP) is 1.89. The van der Waals surface area contributed by atoms with Crippen molar-refractivity contribution in [1.82, 2.24) is 19.7 Å². The zero-order valence-electron chi connectivity index (χ0n) is 14.4. The van der Waals surface area contributed by atoms with Crippen LogP contribution in [0, 0.1) is 0 Å². The summed E-state index contributed by atoms with van der Waals surface area (Å²) in [7, 11) is 0. The van der Waals surface area contributed by atoms with E-state index < -0.39 is 0 Å². The normalized spacial score (nSPS) is 16.3. The third kappa shape index (κ3) is 4.13. The highest BCUT2D eigenvalue weighted by atomic mass is 16.3. The summed E-state index contributed by atoms with van der Waals surface area (Å²) in [5, 5.41) is 14.0. The van der Waals surface area contributed by atoms with Crippen LogP contribution in [0.1, 0.15) is 30.9 Å². The van der Waals surface area contributed by atoms with Gasteiger partial charge in [0.2, 0.25) is 0 Å². The molecule has 1 fully saturated rings. The van der Waals surface area contributed by atoms with Gasteiger partial charge in [-0.3, -0.25) is 14.6 Å². The molecule has 0 saturated carbocycles. The second-order valence-electron chi connectivity index (χ2n) is 6.39. The van der Waals surface area contributed by atoms with E-state index in [4.69, 9.17) is 0 Å². The molecule has 0 aromatic carbocycles. The molecule has 6 nitrogen and oxygen atoms in total. The minimum absolute atomic E-state index is 0.0417. The van der Waals surface area contributed by atoms with Crippen molar-refractivity contribution in [2.75, 3.05) is 31.1 Å².